The van der Waals surface area contributed by atoms with Gasteiger partial charge in [0, 0.05) is 6.04 Å². The van der Waals surface area contributed by atoms with E-state index in [1.807, 2.05) is 12.1 Å². The van der Waals surface area contributed by atoms with Crippen molar-refractivity contribution in [3.63, 3.8) is 0 Å². The molecule has 1 atom stereocenters. The minimum Gasteiger partial charge on any atom is -0.324 e. The fraction of sp³-hybridized carbons (Fsp3) is 0.250. The molecule has 0 aliphatic carbocycles. The summed E-state index contributed by atoms with van der Waals surface area (Å²) in [7, 11) is 0. The quantitative estimate of drug-likeness (QED) is 0.888. The van der Waals surface area contributed by atoms with Gasteiger partial charge in [-0.2, -0.15) is 0 Å². The molecule has 0 aliphatic rings. The zero-order valence-electron chi connectivity index (χ0n) is 11.1. The van der Waals surface area contributed by atoms with Crippen molar-refractivity contribution in [2.24, 2.45) is 5.73 Å². The third kappa shape index (κ3) is 3.23. The highest BCUT2D eigenvalue weighted by Gasteiger charge is 2.12. The van der Waals surface area contributed by atoms with E-state index in [1.165, 1.54) is 17.2 Å². The van der Waals surface area contributed by atoms with E-state index in [-0.39, 0.29) is 11.9 Å². The Morgan fingerprint density at radius 3 is 2.58 bits per heavy atom. The van der Waals surface area contributed by atoms with Crippen LogP contribution in [-0.2, 0) is 6.42 Å². The van der Waals surface area contributed by atoms with Crippen LogP contribution in [0.3, 0.4) is 0 Å². The summed E-state index contributed by atoms with van der Waals surface area (Å²) in [5.41, 5.74) is 10.7. The van der Waals surface area contributed by atoms with Crippen LogP contribution in [0.2, 0.25) is 0 Å². The first kappa shape index (κ1) is 14.2. The van der Waals surface area contributed by atoms with E-state index in [2.05, 4.69) is 41.9 Å². The molecule has 0 amide bonds. The molecule has 0 fully saturated rings. The molecule has 2 rings (SSSR count). The standard InChI is InChI=1S/C16H17BrFN/c1-10-6-7-12(8-11(10)2)15(19)9-13-4-3-5-14(18)16(13)17/h3-8,15H,9,19H2,1-2H3. The van der Waals surface area contributed by atoms with Crippen molar-refractivity contribution in [2.75, 3.05) is 0 Å². The van der Waals surface area contributed by atoms with Crippen molar-refractivity contribution in [2.45, 2.75) is 26.3 Å². The molecule has 0 radical (unpaired) electrons. The highest BCUT2D eigenvalue weighted by atomic mass is 79.9. The molecule has 2 aromatic carbocycles. The van der Waals surface area contributed by atoms with E-state index in [0.717, 1.165) is 11.1 Å². The molecular formula is C16H17BrFN. The number of aryl methyl sites for hydroxylation is 2. The number of rotatable bonds is 3. The van der Waals surface area contributed by atoms with Crippen molar-refractivity contribution >= 4 is 15.9 Å². The Hall–Kier alpha value is -1.19. The Balaban J connectivity index is 2.23. The van der Waals surface area contributed by atoms with Gasteiger partial charge in [-0.25, -0.2) is 4.39 Å². The summed E-state index contributed by atoms with van der Waals surface area (Å²) < 4.78 is 14.0. The molecule has 1 unspecified atom stereocenters. The van der Waals surface area contributed by atoms with E-state index in [1.54, 1.807) is 6.07 Å². The first-order valence-corrected chi connectivity index (χ1v) is 7.04. The average molecular weight is 322 g/mol. The van der Waals surface area contributed by atoms with Crippen molar-refractivity contribution in [3.05, 3.63) is 68.9 Å². The summed E-state index contributed by atoms with van der Waals surface area (Å²) in [6, 6.07) is 11.1. The van der Waals surface area contributed by atoms with Gasteiger partial charge in [-0.05, 0) is 64.5 Å². The molecule has 0 saturated heterocycles. The normalized spacial score (nSPS) is 12.5. The predicted octanol–water partition coefficient (Wildman–Crippen LogP) is 4.45. The van der Waals surface area contributed by atoms with E-state index >= 15 is 0 Å². The van der Waals surface area contributed by atoms with Crippen molar-refractivity contribution in [1.29, 1.82) is 0 Å². The van der Waals surface area contributed by atoms with Gasteiger partial charge in [-0.15, -0.1) is 0 Å². The van der Waals surface area contributed by atoms with Crippen molar-refractivity contribution in [3.8, 4) is 0 Å². The van der Waals surface area contributed by atoms with Crippen LogP contribution in [0.25, 0.3) is 0 Å². The van der Waals surface area contributed by atoms with Crippen LogP contribution >= 0.6 is 15.9 Å². The largest absolute Gasteiger partial charge is 0.324 e. The van der Waals surface area contributed by atoms with Crippen LogP contribution in [0.4, 0.5) is 4.39 Å². The van der Waals surface area contributed by atoms with Crippen LogP contribution in [0, 0.1) is 19.7 Å². The molecule has 100 valence electrons. The van der Waals surface area contributed by atoms with Crippen LogP contribution in [0.1, 0.15) is 28.3 Å². The molecule has 0 spiro atoms. The Morgan fingerprint density at radius 1 is 1.16 bits per heavy atom. The van der Waals surface area contributed by atoms with Gasteiger partial charge in [0.2, 0.25) is 0 Å². The van der Waals surface area contributed by atoms with Crippen molar-refractivity contribution in [1.82, 2.24) is 0 Å². The zero-order valence-corrected chi connectivity index (χ0v) is 12.7. The maximum Gasteiger partial charge on any atom is 0.137 e. The Kier molecular flexibility index (Phi) is 4.38. The molecule has 0 aromatic heterocycles. The molecule has 0 aliphatic heterocycles. The third-order valence-corrected chi connectivity index (χ3v) is 4.32. The molecule has 0 saturated carbocycles. The Bertz CT molecular complexity index is 595. The average Bonchev–Trinajstić information content (AvgIpc) is 2.38. The second kappa shape index (κ2) is 5.85. The monoisotopic (exact) mass is 321 g/mol. The highest BCUT2D eigenvalue weighted by Crippen LogP contribution is 2.25. The van der Waals surface area contributed by atoms with Gasteiger partial charge in [0.25, 0.3) is 0 Å². The van der Waals surface area contributed by atoms with Gasteiger partial charge in [-0.3, -0.25) is 0 Å². The summed E-state index contributed by atoms with van der Waals surface area (Å²) in [5, 5.41) is 0. The van der Waals surface area contributed by atoms with Gasteiger partial charge in [0.1, 0.15) is 5.82 Å². The smallest absolute Gasteiger partial charge is 0.137 e. The Morgan fingerprint density at radius 2 is 1.89 bits per heavy atom. The molecule has 2 N–H and O–H groups in total. The minimum atomic E-state index is -0.246. The second-order valence-corrected chi connectivity index (χ2v) is 5.66. The maximum absolute atomic E-state index is 13.5. The summed E-state index contributed by atoms with van der Waals surface area (Å²) in [5.74, 6) is -0.246. The second-order valence-electron chi connectivity index (χ2n) is 4.87. The lowest BCUT2D eigenvalue weighted by atomic mass is 9.96. The first-order chi connectivity index (χ1) is 8.99. The number of benzene rings is 2. The van der Waals surface area contributed by atoms with Gasteiger partial charge < -0.3 is 5.73 Å². The fourth-order valence-electron chi connectivity index (χ4n) is 2.06. The minimum absolute atomic E-state index is 0.127. The fourth-order valence-corrected chi connectivity index (χ4v) is 2.48. The lowest BCUT2D eigenvalue weighted by molar-refractivity contribution is 0.614. The molecule has 1 nitrogen and oxygen atoms in total. The molecule has 3 heteroatoms. The highest BCUT2D eigenvalue weighted by molar-refractivity contribution is 9.10. The predicted molar refractivity (Wildman–Crippen MR) is 80.6 cm³/mol. The molecule has 0 bridgehead atoms. The van der Waals surface area contributed by atoms with E-state index in [9.17, 15) is 4.39 Å². The van der Waals surface area contributed by atoms with Gasteiger partial charge in [0.15, 0.2) is 0 Å². The molecular weight excluding hydrogens is 305 g/mol. The number of nitrogens with two attached hydrogens (primary N) is 1. The topological polar surface area (TPSA) is 26.0 Å². The van der Waals surface area contributed by atoms with Crippen LogP contribution in [0.15, 0.2) is 40.9 Å². The number of hydrogen-bond acceptors (Lipinski definition) is 1. The van der Waals surface area contributed by atoms with Gasteiger partial charge in [0.05, 0.1) is 4.47 Å². The van der Waals surface area contributed by atoms with Gasteiger partial charge in [-0.1, -0.05) is 30.3 Å². The summed E-state index contributed by atoms with van der Waals surface area (Å²) in [6.45, 7) is 4.15. The van der Waals surface area contributed by atoms with Gasteiger partial charge >= 0.3 is 0 Å². The summed E-state index contributed by atoms with van der Waals surface area (Å²) in [6.07, 6.45) is 0.612. The molecule has 2 aromatic rings. The van der Waals surface area contributed by atoms with E-state index in [4.69, 9.17) is 5.73 Å². The SMILES string of the molecule is Cc1ccc(C(N)Cc2cccc(F)c2Br)cc1C. The molecule has 19 heavy (non-hydrogen) atoms. The maximum atomic E-state index is 13.5. The zero-order chi connectivity index (χ0) is 14.0. The third-order valence-electron chi connectivity index (χ3n) is 3.43. The van der Waals surface area contributed by atoms with E-state index < -0.39 is 0 Å². The molecule has 0 heterocycles. The lowest BCUT2D eigenvalue weighted by Gasteiger charge is -2.15. The lowest BCUT2D eigenvalue weighted by Crippen LogP contribution is -2.14. The number of halogens is 2. The number of hydrogen-bond donors (Lipinski definition) is 1. The summed E-state index contributed by atoms with van der Waals surface area (Å²) in [4.78, 5) is 0. The van der Waals surface area contributed by atoms with E-state index in [0.29, 0.717) is 10.9 Å². The van der Waals surface area contributed by atoms with Crippen molar-refractivity contribution < 1.29 is 4.39 Å². The van der Waals surface area contributed by atoms with Crippen LogP contribution in [-0.4, -0.2) is 0 Å². The summed E-state index contributed by atoms with van der Waals surface area (Å²) >= 11 is 3.28. The van der Waals surface area contributed by atoms with Crippen LogP contribution in [0.5, 0.6) is 0 Å². The Labute approximate surface area is 121 Å². The van der Waals surface area contributed by atoms with Crippen LogP contribution < -0.4 is 5.73 Å². The first-order valence-electron chi connectivity index (χ1n) is 6.24.